The highest BCUT2D eigenvalue weighted by atomic mass is 14.5. The first-order valence-corrected chi connectivity index (χ1v) is 6.35. The normalized spacial score (nSPS) is 35.1. The van der Waals surface area contributed by atoms with Gasteiger partial charge in [0.25, 0.3) is 0 Å². The smallest absolute Gasteiger partial charge is 0.0269 e. The van der Waals surface area contributed by atoms with Gasteiger partial charge >= 0.3 is 0 Å². The van der Waals surface area contributed by atoms with E-state index in [2.05, 4.69) is 41.5 Å². The molecule has 1 aliphatic carbocycles. The maximum Gasteiger partial charge on any atom is -0.0269 e. The molecule has 0 aliphatic heterocycles. The van der Waals surface area contributed by atoms with E-state index in [1.807, 2.05) is 0 Å². The topological polar surface area (TPSA) is 0 Å². The molecule has 0 bridgehead atoms. The van der Waals surface area contributed by atoms with E-state index in [-0.39, 0.29) is 0 Å². The van der Waals surface area contributed by atoms with Crippen LogP contribution in [-0.4, -0.2) is 0 Å². The van der Waals surface area contributed by atoms with Crippen molar-refractivity contribution in [2.24, 2.45) is 22.7 Å². The molecule has 1 saturated carbocycles. The number of hydrogen-bond donors (Lipinski definition) is 0. The second-order valence-electron chi connectivity index (χ2n) is 6.50. The number of hydrogen-bond acceptors (Lipinski definition) is 0. The van der Waals surface area contributed by atoms with Crippen molar-refractivity contribution >= 4 is 0 Å². The maximum absolute atomic E-state index is 2.45. The van der Waals surface area contributed by atoms with Gasteiger partial charge in [-0.2, -0.15) is 0 Å². The van der Waals surface area contributed by atoms with E-state index in [0.717, 1.165) is 11.8 Å². The zero-order valence-corrected chi connectivity index (χ0v) is 11.0. The Morgan fingerprint density at radius 1 is 1.21 bits per heavy atom. The van der Waals surface area contributed by atoms with Gasteiger partial charge in [-0.25, -0.2) is 0 Å². The summed E-state index contributed by atoms with van der Waals surface area (Å²) in [5.74, 6) is 1.89. The van der Waals surface area contributed by atoms with E-state index in [1.54, 1.807) is 0 Å². The van der Waals surface area contributed by atoms with Crippen molar-refractivity contribution in [3.63, 3.8) is 0 Å². The van der Waals surface area contributed by atoms with Gasteiger partial charge in [0.15, 0.2) is 0 Å². The molecule has 0 nitrogen and oxygen atoms in total. The van der Waals surface area contributed by atoms with Crippen molar-refractivity contribution in [3.8, 4) is 0 Å². The molecule has 0 radical (unpaired) electrons. The molecule has 0 amide bonds. The van der Waals surface area contributed by atoms with Crippen LogP contribution in [0.1, 0.15) is 67.2 Å². The average molecular weight is 196 g/mol. The molecule has 0 heterocycles. The minimum Gasteiger partial charge on any atom is -0.0651 e. The largest absolute Gasteiger partial charge is 0.0651 e. The van der Waals surface area contributed by atoms with E-state index < -0.39 is 0 Å². The summed E-state index contributed by atoms with van der Waals surface area (Å²) < 4.78 is 0. The fourth-order valence-corrected chi connectivity index (χ4v) is 3.01. The van der Waals surface area contributed by atoms with Crippen molar-refractivity contribution in [3.05, 3.63) is 0 Å². The van der Waals surface area contributed by atoms with E-state index >= 15 is 0 Å². The third kappa shape index (κ3) is 1.99. The molecule has 0 spiro atoms. The summed E-state index contributed by atoms with van der Waals surface area (Å²) in [6.45, 7) is 14.4. The fraction of sp³-hybridized carbons (Fsp3) is 1.00. The molecular weight excluding hydrogens is 168 g/mol. The van der Waals surface area contributed by atoms with Gasteiger partial charge in [-0.3, -0.25) is 0 Å². The van der Waals surface area contributed by atoms with Gasteiger partial charge in [0.2, 0.25) is 0 Å². The lowest BCUT2D eigenvalue weighted by Gasteiger charge is -2.56. The first-order chi connectivity index (χ1) is 6.35. The third-order valence-electron chi connectivity index (χ3n) is 4.89. The lowest BCUT2D eigenvalue weighted by molar-refractivity contribution is -0.0567. The Labute approximate surface area is 90.5 Å². The minimum atomic E-state index is 0.534. The molecular formula is C14H28. The third-order valence-corrected chi connectivity index (χ3v) is 4.89. The second-order valence-corrected chi connectivity index (χ2v) is 6.50. The standard InChI is InChI=1S/C14H28/c1-7-11(3)14(8-2)9-12(10-14)13(4,5)6/h11-12H,7-10H2,1-6H3. The Hall–Kier alpha value is 0. The predicted octanol–water partition coefficient (Wildman–Crippen LogP) is 4.89. The molecule has 0 saturated heterocycles. The van der Waals surface area contributed by atoms with Gasteiger partial charge in [0.1, 0.15) is 0 Å². The van der Waals surface area contributed by atoms with Gasteiger partial charge in [0, 0.05) is 0 Å². The van der Waals surface area contributed by atoms with E-state index in [9.17, 15) is 0 Å². The fourth-order valence-electron chi connectivity index (χ4n) is 3.01. The molecule has 1 fully saturated rings. The summed E-state index contributed by atoms with van der Waals surface area (Å²) in [4.78, 5) is 0. The van der Waals surface area contributed by atoms with Crippen molar-refractivity contribution in [1.29, 1.82) is 0 Å². The van der Waals surface area contributed by atoms with Crippen LogP contribution in [0.4, 0.5) is 0 Å². The molecule has 0 aromatic rings. The lowest BCUT2D eigenvalue weighted by Crippen LogP contribution is -2.46. The molecule has 0 heteroatoms. The van der Waals surface area contributed by atoms with Crippen LogP contribution >= 0.6 is 0 Å². The molecule has 84 valence electrons. The van der Waals surface area contributed by atoms with Crippen molar-refractivity contribution in [2.45, 2.75) is 67.2 Å². The van der Waals surface area contributed by atoms with E-state index in [0.29, 0.717) is 10.8 Å². The summed E-state index contributed by atoms with van der Waals surface area (Å²) in [5.41, 5.74) is 1.23. The zero-order chi connectivity index (χ0) is 11.0. The van der Waals surface area contributed by atoms with Crippen LogP contribution in [0, 0.1) is 22.7 Å². The SMILES string of the molecule is CCC(C)C1(CC)CC(C(C)(C)C)C1. The molecule has 0 N–H and O–H groups in total. The van der Waals surface area contributed by atoms with Crippen LogP contribution in [0.5, 0.6) is 0 Å². The minimum absolute atomic E-state index is 0.534. The second kappa shape index (κ2) is 3.87. The first-order valence-electron chi connectivity index (χ1n) is 6.35. The molecule has 0 aromatic heterocycles. The van der Waals surface area contributed by atoms with Gasteiger partial charge in [0.05, 0.1) is 0 Å². The van der Waals surface area contributed by atoms with Crippen LogP contribution in [-0.2, 0) is 0 Å². The maximum atomic E-state index is 2.45. The van der Waals surface area contributed by atoms with Crippen LogP contribution in [0.15, 0.2) is 0 Å². The summed E-state index contributed by atoms with van der Waals surface area (Å²) in [6, 6.07) is 0. The molecule has 14 heavy (non-hydrogen) atoms. The predicted molar refractivity (Wildman–Crippen MR) is 64.4 cm³/mol. The first kappa shape index (κ1) is 12.1. The molecule has 1 unspecified atom stereocenters. The summed E-state index contributed by atoms with van der Waals surface area (Å²) in [6.07, 6.45) is 5.68. The van der Waals surface area contributed by atoms with Gasteiger partial charge in [-0.05, 0) is 35.5 Å². The van der Waals surface area contributed by atoms with Crippen molar-refractivity contribution in [2.75, 3.05) is 0 Å². The average Bonchev–Trinajstić information content (AvgIpc) is 2.00. The quantitative estimate of drug-likeness (QED) is 0.603. The Morgan fingerprint density at radius 3 is 2.00 bits per heavy atom. The van der Waals surface area contributed by atoms with Crippen molar-refractivity contribution in [1.82, 2.24) is 0 Å². The monoisotopic (exact) mass is 196 g/mol. The highest BCUT2D eigenvalue weighted by Gasteiger charge is 2.49. The molecule has 1 atom stereocenters. The Bertz CT molecular complexity index is 179. The van der Waals surface area contributed by atoms with E-state index in [4.69, 9.17) is 0 Å². The highest BCUT2D eigenvalue weighted by molar-refractivity contribution is 4.99. The molecule has 1 rings (SSSR count). The highest BCUT2D eigenvalue weighted by Crippen LogP contribution is 2.59. The molecule has 1 aliphatic rings. The zero-order valence-electron chi connectivity index (χ0n) is 11.0. The Balaban J connectivity index is 2.57. The Kier molecular flexibility index (Phi) is 3.33. The Morgan fingerprint density at radius 2 is 1.71 bits per heavy atom. The summed E-state index contributed by atoms with van der Waals surface area (Å²) in [5, 5.41) is 0. The lowest BCUT2D eigenvalue weighted by atomic mass is 9.49. The van der Waals surface area contributed by atoms with Gasteiger partial charge in [-0.1, -0.05) is 54.4 Å². The van der Waals surface area contributed by atoms with Crippen LogP contribution in [0.3, 0.4) is 0 Å². The van der Waals surface area contributed by atoms with Crippen LogP contribution < -0.4 is 0 Å². The number of rotatable bonds is 3. The van der Waals surface area contributed by atoms with Crippen molar-refractivity contribution < 1.29 is 0 Å². The van der Waals surface area contributed by atoms with Gasteiger partial charge in [-0.15, -0.1) is 0 Å². The van der Waals surface area contributed by atoms with Crippen LogP contribution in [0.25, 0.3) is 0 Å². The molecule has 0 aromatic carbocycles. The van der Waals surface area contributed by atoms with Crippen LogP contribution in [0.2, 0.25) is 0 Å². The summed E-state index contributed by atoms with van der Waals surface area (Å²) in [7, 11) is 0. The summed E-state index contributed by atoms with van der Waals surface area (Å²) >= 11 is 0. The van der Waals surface area contributed by atoms with Gasteiger partial charge < -0.3 is 0 Å². The van der Waals surface area contributed by atoms with E-state index in [1.165, 1.54) is 25.7 Å².